The number of carbonyl (C=O) groups excluding carboxylic acids is 1. The second-order valence-corrected chi connectivity index (χ2v) is 11.2. The fraction of sp³-hybridized carbons (Fsp3) is 0.739. The highest BCUT2D eigenvalue weighted by Gasteiger charge is 2.59. The lowest BCUT2D eigenvalue weighted by atomic mass is 9.48. The van der Waals surface area contributed by atoms with E-state index >= 15 is 0 Å². The average molecular weight is 462 g/mol. The first-order valence-corrected chi connectivity index (χ1v) is 12.1. The van der Waals surface area contributed by atoms with Crippen LogP contribution in [0.4, 0.5) is 5.82 Å². The van der Waals surface area contributed by atoms with Crippen molar-refractivity contribution < 1.29 is 14.7 Å². The highest BCUT2D eigenvalue weighted by Crippen LogP contribution is 2.60. The molecule has 2 atom stereocenters. The smallest absolute Gasteiger partial charge is 0.309 e. The maximum absolute atomic E-state index is 13.4. The molecule has 9 heteroatoms. The molecular formula is C23H32ClN5O3. The van der Waals surface area contributed by atoms with Gasteiger partial charge in [0.05, 0.1) is 11.0 Å². The van der Waals surface area contributed by atoms with Crippen LogP contribution in [-0.2, 0) is 9.59 Å². The van der Waals surface area contributed by atoms with Crippen molar-refractivity contribution >= 4 is 29.3 Å². The van der Waals surface area contributed by atoms with Gasteiger partial charge in [-0.3, -0.25) is 14.5 Å². The molecule has 0 aromatic carbocycles. The summed E-state index contributed by atoms with van der Waals surface area (Å²) in [6, 6.07) is 1.88. The standard InChI is InChI=1S/C23H32ClN5O3/c1-22(2,29-5-3-28(4-6-29)18-9-17(24)25-13-26-18)20(30)27-19-15-7-14-8-16(19)12-23(10-14,11-15)21(31)32/h9,13-16,19H,3-8,10-12H2,1-2H3,(H,27,30)(H,31,32). The Labute approximate surface area is 193 Å². The molecule has 174 valence electrons. The summed E-state index contributed by atoms with van der Waals surface area (Å²) in [5.41, 5.74) is -1.18. The van der Waals surface area contributed by atoms with Crippen LogP contribution >= 0.6 is 11.6 Å². The largest absolute Gasteiger partial charge is 0.481 e. The number of carboxylic acid groups (broad SMARTS) is 1. The molecule has 0 spiro atoms. The van der Waals surface area contributed by atoms with E-state index in [1.54, 1.807) is 6.07 Å². The number of hydrogen-bond donors (Lipinski definition) is 2. The number of hydrogen-bond acceptors (Lipinski definition) is 6. The maximum Gasteiger partial charge on any atom is 0.309 e. The monoisotopic (exact) mass is 461 g/mol. The second-order valence-electron chi connectivity index (χ2n) is 10.8. The first-order valence-electron chi connectivity index (χ1n) is 11.7. The van der Waals surface area contributed by atoms with Gasteiger partial charge in [-0.2, -0.15) is 0 Å². The maximum atomic E-state index is 13.4. The van der Waals surface area contributed by atoms with Crippen LogP contribution in [0.2, 0.25) is 5.15 Å². The fourth-order valence-electron chi connectivity index (χ4n) is 6.99. The Hall–Kier alpha value is -1.93. The zero-order valence-corrected chi connectivity index (χ0v) is 19.5. The summed E-state index contributed by atoms with van der Waals surface area (Å²) in [6.45, 7) is 7.03. The Morgan fingerprint density at radius 3 is 2.38 bits per heavy atom. The second kappa shape index (κ2) is 7.83. The summed E-state index contributed by atoms with van der Waals surface area (Å²) in [7, 11) is 0. The molecule has 2 unspecified atom stereocenters. The van der Waals surface area contributed by atoms with Crippen LogP contribution in [-0.4, -0.2) is 69.6 Å². The molecule has 1 saturated heterocycles. The van der Waals surface area contributed by atoms with Crippen LogP contribution in [0.5, 0.6) is 0 Å². The van der Waals surface area contributed by atoms with E-state index in [1.807, 2.05) is 13.8 Å². The molecule has 1 aromatic heterocycles. The summed E-state index contributed by atoms with van der Waals surface area (Å²) in [5.74, 6) is 1.32. The lowest BCUT2D eigenvalue weighted by molar-refractivity contribution is -0.168. The topological polar surface area (TPSA) is 98.7 Å². The Bertz CT molecular complexity index is 901. The fourth-order valence-corrected chi connectivity index (χ4v) is 7.13. The van der Waals surface area contributed by atoms with Crippen molar-refractivity contribution in [2.24, 2.45) is 23.2 Å². The van der Waals surface area contributed by atoms with Gasteiger partial charge < -0.3 is 15.3 Å². The van der Waals surface area contributed by atoms with Gasteiger partial charge in [0.25, 0.3) is 0 Å². The van der Waals surface area contributed by atoms with Crippen molar-refractivity contribution in [1.29, 1.82) is 0 Å². The molecule has 4 saturated carbocycles. The Balaban J connectivity index is 1.22. The molecule has 6 rings (SSSR count). The number of aliphatic carboxylic acids is 1. The summed E-state index contributed by atoms with van der Waals surface area (Å²) in [6.07, 6.45) is 5.82. The van der Waals surface area contributed by atoms with Crippen LogP contribution < -0.4 is 10.2 Å². The molecule has 1 aromatic rings. The minimum absolute atomic E-state index is 0.0536. The molecule has 2 heterocycles. The van der Waals surface area contributed by atoms with Crippen LogP contribution in [0.15, 0.2) is 12.4 Å². The minimum atomic E-state index is -0.634. The SMILES string of the molecule is CC(C)(C(=O)NC1C2CC3CC1CC(C(=O)O)(C3)C2)N1CCN(c2cc(Cl)ncn2)CC1. The molecule has 2 N–H and O–H groups in total. The Kier molecular flexibility index (Phi) is 5.36. The van der Waals surface area contributed by atoms with Gasteiger partial charge in [-0.1, -0.05) is 11.6 Å². The summed E-state index contributed by atoms with van der Waals surface area (Å²) >= 11 is 6.00. The molecule has 4 aliphatic carbocycles. The van der Waals surface area contributed by atoms with Gasteiger partial charge >= 0.3 is 5.97 Å². The molecule has 0 radical (unpaired) electrons. The molecule has 8 nitrogen and oxygen atoms in total. The molecule has 1 aliphatic heterocycles. The van der Waals surface area contributed by atoms with Crippen molar-refractivity contribution in [1.82, 2.24) is 20.2 Å². The summed E-state index contributed by atoms with van der Waals surface area (Å²) in [4.78, 5) is 38.1. The van der Waals surface area contributed by atoms with Gasteiger partial charge in [0.15, 0.2) is 0 Å². The van der Waals surface area contributed by atoms with Crippen molar-refractivity contribution in [3.63, 3.8) is 0 Å². The lowest BCUT2D eigenvalue weighted by Gasteiger charge is -2.58. The lowest BCUT2D eigenvalue weighted by Crippen LogP contribution is -2.66. The van der Waals surface area contributed by atoms with E-state index < -0.39 is 16.9 Å². The number of carboxylic acids is 1. The molecule has 1 amide bonds. The van der Waals surface area contributed by atoms with Crippen molar-refractivity contribution in [2.75, 3.05) is 31.1 Å². The van der Waals surface area contributed by atoms with Gasteiger partial charge in [0, 0.05) is 38.3 Å². The third-order valence-corrected chi connectivity index (χ3v) is 8.80. The van der Waals surface area contributed by atoms with Crippen molar-refractivity contribution in [3.05, 3.63) is 17.5 Å². The molecular weight excluding hydrogens is 430 g/mol. The first-order chi connectivity index (χ1) is 15.2. The van der Waals surface area contributed by atoms with E-state index in [0.717, 1.165) is 51.3 Å². The molecule has 5 aliphatic rings. The zero-order valence-electron chi connectivity index (χ0n) is 18.8. The number of carbonyl (C=O) groups is 2. The predicted molar refractivity (Wildman–Crippen MR) is 120 cm³/mol. The normalized spacial score (nSPS) is 34.5. The summed E-state index contributed by atoms with van der Waals surface area (Å²) in [5, 5.41) is 13.7. The van der Waals surface area contributed by atoms with E-state index in [9.17, 15) is 14.7 Å². The quantitative estimate of drug-likeness (QED) is 0.649. The molecule has 32 heavy (non-hydrogen) atoms. The van der Waals surface area contributed by atoms with Gasteiger partial charge in [-0.15, -0.1) is 0 Å². The van der Waals surface area contributed by atoms with Gasteiger partial charge in [-0.05, 0) is 63.7 Å². The third kappa shape index (κ3) is 3.65. The number of aromatic nitrogens is 2. The number of nitrogens with one attached hydrogen (secondary N) is 1. The molecule has 5 fully saturated rings. The zero-order chi connectivity index (χ0) is 22.7. The predicted octanol–water partition coefficient (Wildman–Crippen LogP) is 2.43. The van der Waals surface area contributed by atoms with E-state index in [2.05, 4.69) is 25.1 Å². The number of nitrogens with zero attached hydrogens (tertiary/aromatic N) is 4. The van der Waals surface area contributed by atoms with Crippen LogP contribution in [0.25, 0.3) is 0 Å². The van der Waals surface area contributed by atoms with Gasteiger partial charge in [-0.25, -0.2) is 9.97 Å². The number of rotatable bonds is 5. The molecule has 4 bridgehead atoms. The van der Waals surface area contributed by atoms with E-state index in [-0.39, 0.29) is 23.8 Å². The third-order valence-electron chi connectivity index (χ3n) is 8.59. The first kappa shape index (κ1) is 21.9. The average Bonchev–Trinajstić information content (AvgIpc) is 2.75. The summed E-state index contributed by atoms with van der Waals surface area (Å²) < 4.78 is 0. The highest BCUT2D eigenvalue weighted by atomic mass is 35.5. The van der Waals surface area contributed by atoms with Gasteiger partial charge in [0.2, 0.25) is 5.91 Å². The number of amides is 1. The van der Waals surface area contributed by atoms with Crippen LogP contribution in [0.3, 0.4) is 0 Å². The van der Waals surface area contributed by atoms with Crippen molar-refractivity contribution in [3.8, 4) is 0 Å². The highest BCUT2D eigenvalue weighted by molar-refractivity contribution is 6.29. The van der Waals surface area contributed by atoms with E-state index in [0.29, 0.717) is 23.9 Å². The van der Waals surface area contributed by atoms with Gasteiger partial charge in [0.1, 0.15) is 17.3 Å². The van der Waals surface area contributed by atoms with E-state index in [1.165, 1.54) is 6.33 Å². The number of piperazine rings is 1. The Morgan fingerprint density at radius 1 is 1.12 bits per heavy atom. The Morgan fingerprint density at radius 2 is 1.78 bits per heavy atom. The van der Waals surface area contributed by atoms with Crippen LogP contribution in [0.1, 0.15) is 46.0 Å². The number of anilines is 1. The van der Waals surface area contributed by atoms with Crippen LogP contribution in [0, 0.1) is 23.2 Å². The number of halogens is 1. The van der Waals surface area contributed by atoms with Crippen molar-refractivity contribution in [2.45, 2.75) is 57.5 Å². The van der Waals surface area contributed by atoms with E-state index in [4.69, 9.17) is 11.6 Å². The minimum Gasteiger partial charge on any atom is -0.481 e.